The van der Waals surface area contributed by atoms with Crippen LogP contribution < -0.4 is 10.1 Å². The Morgan fingerprint density at radius 3 is 2.60 bits per heavy atom. The van der Waals surface area contributed by atoms with E-state index in [0.29, 0.717) is 17.5 Å². The van der Waals surface area contributed by atoms with E-state index in [1.165, 1.54) is 23.3 Å². The largest absolute Gasteiger partial charge is 0.490 e. The zero-order valence-electron chi connectivity index (χ0n) is 20.3. The van der Waals surface area contributed by atoms with E-state index in [4.69, 9.17) is 14.4 Å². The quantitative estimate of drug-likeness (QED) is 0.389. The first-order chi connectivity index (χ1) is 16.8. The molecule has 0 saturated carbocycles. The third-order valence-electron chi connectivity index (χ3n) is 6.04. The van der Waals surface area contributed by atoms with Crippen LogP contribution in [-0.4, -0.2) is 70.1 Å². The summed E-state index contributed by atoms with van der Waals surface area (Å²) in [6.07, 6.45) is 1.65. The number of aliphatic hydroxyl groups excluding tert-OH is 2. The number of benzene rings is 1. The van der Waals surface area contributed by atoms with E-state index >= 15 is 0 Å². The Bertz CT molecular complexity index is 1150. The van der Waals surface area contributed by atoms with E-state index < -0.39 is 18.6 Å². The molecule has 1 aromatic carbocycles. The second kappa shape index (κ2) is 11.3. The first-order valence-electron chi connectivity index (χ1n) is 11.8. The summed E-state index contributed by atoms with van der Waals surface area (Å²) in [6, 6.07) is 5.97. The first kappa shape index (κ1) is 25.3. The smallest absolute Gasteiger partial charge is 0.268 e. The zero-order valence-corrected chi connectivity index (χ0v) is 21.2. The summed E-state index contributed by atoms with van der Waals surface area (Å²) in [5.41, 5.74) is 3.82. The fraction of sp³-hybridized carbons (Fsp3) is 0.480. The Hall–Kier alpha value is -2.79. The van der Waals surface area contributed by atoms with Gasteiger partial charge in [-0.1, -0.05) is 5.16 Å². The number of ether oxygens (including phenoxy) is 1. The molecule has 1 amide bonds. The molecule has 3 aromatic rings. The standard InChI is InChI=1S/C25H32N4O5S/c1-15-10-20(35-21(15)12-29-6-4-5-7-29)25-27-24(28-34-25)18-8-16(2)23(17(3)9-18)33-14-19(31)11-26-22(32)13-30/h8-10,19,30-31H,4-7,11-14H2,1-3H3,(H,26,32). The lowest BCUT2D eigenvalue weighted by Gasteiger charge is -2.16. The average molecular weight is 501 g/mol. The molecule has 1 aliphatic heterocycles. The molecule has 10 heteroatoms. The lowest BCUT2D eigenvalue weighted by atomic mass is 10.1. The summed E-state index contributed by atoms with van der Waals surface area (Å²) < 4.78 is 11.4. The maximum absolute atomic E-state index is 11.1. The van der Waals surface area contributed by atoms with Gasteiger partial charge in [0.25, 0.3) is 5.89 Å². The number of carbonyl (C=O) groups is 1. The summed E-state index contributed by atoms with van der Waals surface area (Å²) in [5.74, 6) is 1.15. The van der Waals surface area contributed by atoms with E-state index in [1.807, 2.05) is 26.0 Å². The summed E-state index contributed by atoms with van der Waals surface area (Å²) >= 11 is 1.71. The highest BCUT2D eigenvalue weighted by atomic mass is 32.1. The molecule has 3 heterocycles. The Morgan fingerprint density at radius 1 is 1.20 bits per heavy atom. The summed E-state index contributed by atoms with van der Waals surface area (Å²) in [5, 5.41) is 25.4. The predicted octanol–water partition coefficient (Wildman–Crippen LogP) is 2.83. The Kier molecular flexibility index (Phi) is 8.17. The van der Waals surface area contributed by atoms with Crippen molar-refractivity contribution in [3.63, 3.8) is 0 Å². The minimum atomic E-state index is -0.895. The third kappa shape index (κ3) is 6.26. The number of aromatic nitrogens is 2. The Labute approximate surface area is 208 Å². The van der Waals surface area contributed by atoms with E-state index in [0.717, 1.165) is 41.2 Å². The molecule has 4 rings (SSSR count). The minimum absolute atomic E-state index is 0.00312. The number of aryl methyl sites for hydroxylation is 3. The molecular weight excluding hydrogens is 468 g/mol. The molecular formula is C25H32N4O5S. The molecule has 1 fully saturated rings. The average Bonchev–Trinajstić information content (AvgIpc) is 3.59. The van der Waals surface area contributed by atoms with Gasteiger partial charge in [-0.05, 0) is 81.6 Å². The number of aliphatic hydroxyl groups is 2. The topological polar surface area (TPSA) is 121 Å². The molecule has 1 unspecified atom stereocenters. The number of amides is 1. The molecule has 0 aliphatic carbocycles. The number of likely N-dealkylation sites (tertiary alicyclic amines) is 1. The van der Waals surface area contributed by atoms with Crippen LogP contribution in [0.3, 0.4) is 0 Å². The van der Waals surface area contributed by atoms with Gasteiger partial charge in [-0.25, -0.2) is 0 Å². The summed E-state index contributed by atoms with van der Waals surface area (Å²) in [6.45, 7) is 8.66. The number of hydrogen-bond acceptors (Lipinski definition) is 9. The van der Waals surface area contributed by atoms with Crippen molar-refractivity contribution in [1.82, 2.24) is 20.4 Å². The fourth-order valence-electron chi connectivity index (χ4n) is 4.20. The first-order valence-corrected chi connectivity index (χ1v) is 12.6. The molecule has 9 nitrogen and oxygen atoms in total. The molecule has 1 aliphatic rings. The van der Waals surface area contributed by atoms with Crippen molar-refractivity contribution in [2.45, 2.75) is 46.3 Å². The molecule has 1 atom stereocenters. The molecule has 2 aromatic heterocycles. The Balaban J connectivity index is 1.43. The van der Waals surface area contributed by atoms with Crippen LogP contribution in [0.1, 0.15) is 34.4 Å². The summed E-state index contributed by atoms with van der Waals surface area (Å²) in [4.78, 5) is 20.6. The molecule has 1 saturated heterocycles. The highest BCUT2D eigenvalue weighted by Crippen LogP contribution is 2.34. The van der Waals surface area contributed by atoms with Crippen molar-refractivity contribution in [3.05, 3.63) is 39.8 Å². The molecule has 35 heavy (non-hydrogen) atoms. The third-order valence-corrected chi connectivity index (χ3v) is 7.25. The molecule has 188 valence electrons. The molecule has 3 N–H and O–H groups in total. The number of carbonyl (C=O) groups excluding carboxylic acids is 1. The number of nitrogens with zero attached hydrogens (tertiary/aromatic N) is 3. The lowest BCUT2D eigenvalue weighted by molar-refractivity contribution is -0.124. The van der Waals surface area contributed by atoms with Gasteiger partial charge in [0.05, 0.1) is 4.88 Å². The fourth-order valence-corrected chi connectivity index (χ4v) is 5.34. The van der Waals surface area contributed by atoms with Gasteiger partial charge in [-0.2, -0.15) is 4.98 Å². The van der Waals surface area contributed by atoms with Crippen molar-refractivity contribution in [2.75, 3.05) is 32.8 Å². The molecule has 0 radical (unpaired) electrons. The van der Waals surface area contributed by atoms with Crippen molar-refractivity contribution in [3.8, 4) is 27.9 Å². The van der Waals surface area contributed by atoms with Crippen LogP contribution in [0.25, 0.3) is 22.2 Å². The van der Waals surface area contributed by atoms with E-state index in [1.54, 1.807) is 11.3 Å². The monoisotopic (exact) mass is 500 g/mol. The van der Waals surface area contributed by atoms with Gasteiger partial charge in [0.1, 0.15) is 25.1 Å². The summed E-state index contributed by atoms with van der Waals surface area (Å²) in [7, 11) is 0. The highest BCUT2D eigenvalue weighted by molar-refractivity contribution is 7.15. The maximum atomic E-state index is 11.1. The van der Waals surface area contributed by atoms with Crippen LogP contribution in [0.15, 0.2) is 22.7 Å². The van der Waals surface area contributed by atoms with Crippen molar-refractivity contribution in [1.29, 1.82) is 0 Å². The minimum Gasteiger partial charge on any atom is -0.490 e. The Morgan fingerprint density at radius 2 is 1.91 bits per heavy atom. The SMILES string of the molecule is Cc1cc(-c2nc(-c3cc(C)c(OCC(O)CNC(=O)CO)c(C)c3)no2)sc1CN1CCCC1. The second-order valence-corrected chi connectivity index (χ2v) is 10.1. The zero-order chi connectivity index (χ0) is 24.9. The van der Waals surface area contributed by atoms with E-state index in [-0.39, 0.29) is 13.2 Å². The van der Waals surface area contributed by atoms with Crippen LogP contribution in [0.5, 0.6) is 5.75 Å². The number of thiophene rings is 1. The lowest BCUT2D eigenvalue weighted by Crippen LogP contribution is -2.36. The number of hydrogen-bond donors (Lipinski definition) is 3. The van der Waals surface area contributed by atoms with Gasteiger partial charge in [-0.3, -0.25) is 9.69 Å². The van der Waals surface area contributed by atoms with Gasteiger partial charge in [0.2, 0.25) is 11.7 Å². The van der Waals surface area contributed by atoms with Crippen molar-refractivity contribution >= 4 is 17.2 Å². The number of rotatable bonds is 10. The van der Waals surface area contributed by atoms with Crippen LogP contribution >= 0.6 is 11.3 Å². The van der Waals surface area contributed by atoms with Crippen LogP contribution in [0.4, 0.5) is 0 Å². The van der Waals surface area contributed by atoms with Crippen LogP contribution in [0.2, 0.25) is 0 Å². The van der Waals surface area contributed by atoms with Gasteiger partial charge >= 0.3 is 0 Å². The maximum Gasteiger partial charge on any atom is 0.268 e. The predicted molar refractivity (Wildman–Crippen MR) is 133 cm³/mol. The van der Waals surface area contributed by atoms with E-state index in [2.05, 4.69) is 33.3 Å². The van der Waals surface area contributed by atoms with Gasteiger partial charge in [-0.15, -0.1) is 11.3 Å². The normalized spacial score (nSPS) is 14.9. The van der Waals surface area contributed by atoms with E-state index in [9.17, 15) is 9.90 Å². The number of nitrogens with one attached hydrogen (secondary N) is 1. The van der Waals surface area contributed by atoms with Crippen LogP contribution in [-0.2, 0) is 11.3 Å². The van der Waals surface area contributed by atoms with Gasteiger partial charge in [0, 0.05) is 23.5 Å². The van der Waals surface area contributed by atoms with Crippen molar-refractivity contribution < 1.29 is 24.3 Å². The van der Waals surface area contributed by atoms with Crippen LogP contribution in [0, 0.1) is 20.8 Å². The molecule has 0 spiro atoms. The van der Waals surface area contributed by atoms with Crippen molar-refractivity contribution in [2.24, 2.45) is 0 Å². The van der Waals surface area contributed by atoms with Gasteiger partial charge < -0.3 is 24.8 Å². The highest BCUT2D eigenvalue weighted by Gasteiger charge is 2.19. The second-order valence-electron chi connectivity index (χ2n) is 8.99. The molecule has 0 bridgehead atoms. The van der Waals surface area contributed by atoms with Gasteiger partial charge in [0.15, 0.2) is 0 Å².